The Hall–Kier alpha value is -1.65. The van der Waals surface area contributed by atoms with Crippen LogP contribution >= 0.6 is 0 Å². The number of H-pyrrole nitrogens is 1. The van der Waals surface area contributed by atoms with E-state index in [1.54, 1.807) is 0 Å². The predicted molar refractivity (Wildman–Crippen MR) is 76.6 cm³/mol. The van der Waals surface area contributed by atoms with E-state index in [-0.39, 0.29) is 5.78 Å². The number of nitrogens with one attached hydrogen (secondary N) is 2. The molecule has 1 aliphatic rings. The van der Waals surface area contributed by atoms with Gasteiger partial charge in [0.15, 0.2) is 5.78 Å². The molecule has 0 atom stereocenters. The molecule has 3 rings (SSSR count). The summed E-state index contributed by atoms with van der Waals surface area (Å²) in [6, 6.07) is 7.96. The molecule has 0 radical (unpaired) electrons. The van der Waals surface area contributed by atoms with Crippen molar-refractivity contribution in [1.29, 1.82) is 0 Å². The highest BCUT2D eigenvalue weighted by molar-refractivity contribution is 6.07. The van der Waals surface area contributed by atoms with Crippen LogP contribution in [0.4, 0.5) is 0 Å². The largest absolute Gasteiger partial charge is 0.360 e. The number of hydrogen-bond donors (Lipinski definition) is 2. The summed E-state index contributed by atoms with van der Waals surface area (Å²) < 4.78 is 0. The second kappa shape index (κ2) is 5.55. The molecule has 4 nitrogen and oxygen atoms in total. The average molecular weight is 257 g/mol. The fourth-order valence-electron chi connectivity index (χ4n) is 2.63. The van der Waals surface area contributed by atoms with Gasteiger partial charge >= 0.3 is 0 Å². The molecular weight excluding hydrogens is 238 g/mol. The molecule has 0 saturated carbocycles. The van der Waals surface area contributed by atoms with E-state index in [0.29, 0.717) is 6.42 Å². The van der Waals surface area contributed by atoms with Crippen molar-refractivity contribution in [2.24, 2.45) is 0 Å². The van der Waals surface area contributed by atoms with Crippen molar-refractivity contribution < 1.29 is 4.79 Å². The van der Waals surface area contributed by atoms with E-state index in [0.717, 1.165) is 49.2 Å². The van der Waals surface area contributed by atoms with Gasteiger partial charge in [-0.3, -0.25) is 4.79 Å². The minimum Gasteiger partial charge on any atom is -0.360 e. The van der Waals surface area contributed by atoms with Gasteiger partial charge in [-0.1, -0.05) is 18.2 Å². The lowest BCUT2D eigenvalue weighted by Gasteiger charge is -2.26. The lowest BCUT2D eigenvalue weighted by atomic mass is 10.1. The number of fused-ring (bicyclic) bond motifs is 1. The van der Waals surface area contributed by atoms with Gasteiger partial charge in [0, 0.05) is 61.8 Å². The number of nitrogens with zero attached hydrogens (tertiary/aromatic N) is 1. The number of para-hydroxylation sites is 1. The van der Waals surface area contributed by atoms with Crippen LogP contribution in [0, 0.1) is 0 Å². The van der Waals surface area contributed by atoms with Gasteiger partial charge in [0.1, 0.15) is 0 Å². The Balaban J connectivity index is 1.66. The summed E-state index contributed by atoms with van der Waals surface area (Å²) in [4.78, 5) is 17.8. The summed E-state index contributed by atoms with van der Waals surface area (Å²) in [7, 11) is 0. The topological polar surface area (TPSA) is 48.1 Å². The smallest absolute Gasteiger partial charge is 0.166 e. The third-order valence-electron chi connectivity index (χ3n) is 3.75. The van der Waals surface area contributed by atoms with Crippen molar-refractivity contribution in [1.82, 2.24) is 15.2 Å². The van der Waals surface area contributed by atoms with E-state index < -0.39 is 0 Å². The summed E-state index contributed by atoms with van der Waals surface area (Å²) >= 11 is 0. The molecule has 0 spiro atoms. The normalized spacial score (nSPS) is 16.8. The number of Topliss-reactive ketones (excluding diaryl/α,β-unsaturated/α-hetero) is 1. The van der Waals surface area contributed by atoms with Gasteiger partial charge in [-0.2, -0.15) is 0 Å². The van der Waals surface area contributed by atoms with Gasteiger partial charge in [0.05, 0.1) is 0 Å². The first-order chi connectivity index (χ1) is 9.34. The fourth-order valence-corrected chi connectivity index (χ4v) is 2.63. The average Bonchev–Trinajstić information content (AvgIpc) is 2.90. The second-order valence-corrected chi connectivity index (χ2v) is 5.01. The summed E-state index contributed by atoms with van der Waals surface area (Å²) in [5, 5.41) is 4.36. The zero-order chi connectivity index (χ0) is 13.1. The highest BCUT2D eigenvalue weighted by atomic mass is 16.1. The number of ketones is 1. The lowest BCUT2D eigenvalue weighted by molar-refractivity contribution is 0.0962. The van der Waals surface area contributed by atoms with Gasteiger partial charge in [-0.25, -0.2) is 0 Å². The number of aromatic nitrogens is 1. The van der Waals surface area contributed by atoms with Crippen LogP contribution in [0.1, 0.15) is 16.8 Å². The second-order valence-electron chi connectivity index (χ2n) is 5.01. The Kier molecular flexibility index (Phi) is 3.62. The zero-order valence-electron chi connectivity index (χ0n) is 11.0. The molecule has 4 heteroatoms. The minimum atomic E-state index is 0.232. The maximum Gasteiger partial charge on any atom is 0.166 e. The van der Waals surface area contributed by atoms with Crippen LogP contribution in [0.5, 0.6) is 0 Å². The molecule has 2 aromatic rings. The fraction of sp³-hybridized carbons (Fsp3) is 0.400. The Labute approximate surface area is 112 Å². The summed E-state index contributed by atoms with van der Waals surface area (Å²) in [5.41, 5.74) is 1.86. The molecule has 100 valence electrons. The number of benzene rings is 1. The van der Waals surface area contributed by atoms with Crippen LogP contribution in [0.15, 0.2) is 30.5 Å². The number of carbonyl (C=O) groups is 1. The molecule has 1 aromatic carbocycles. The van der Waals surface area contributed by atoms with Gasteiger partial charge in [0.25, 0.3) is 0 Å². The number of piperazine rings is 1. The third kappa shape index (κ3) is 2.69. The number of hydrogen-bond acceptors (Lipinski definition) is 3. The quantitative estimate of drug-likeness (QED) is 0.819. The van der Waals surface area contributed by atoms with Gasteiger partial charge in [-0.15, -0.1) is 0 Å². The molecule has 2 N–H and O–H groups in total. The molecule has 0 amide bonds. The van der Waals surface area contributed by atoms with Gasteiger partial charge in [-0.05, 0) is 6.07 Å². The molecule has 1 saturated heterocycles. The first-order valence-electron chi connectivity index (χ1n) is 6.87. The Morgan fingerprint density at radius 3 is 2.84 bits per heavy atom. The Morgan fingerprint density at radius 2 is 2.00 bits per heavy atom. The molecule has 0 aliphatic carbocycles. The van der Waals surface area contributed by atoms with Crippen molar-refractivity contribution in [2.45, 2.75) is 6.42 Å². The van der Waals surface area contributed by atoms with Crippen molar-refractivity contribution in [3.63, 3.8) is 0 Å². The highest BCUT2D eigenvalue weighted by Gasteiger charge is 2.14. The monoisotopic (exact) mass is 257 g/mol. The Bertz CT molecular complexity index is 570. The van der Waals surface area contributed by atoms with Gasteiger partial charge in [0.2, 0.25) is 0 Å². The highest BCUT2D eigenvalue weighted by Crippen LogP contribution is 2.19. The SMILES string of the molecule is O=C(CCN1CCNCC1)c1c[nH]c2ccccc12. The van der Waals surface area contributed by atoms with Crippen molar-refractivity contribution in [3.05, 3.63) is 36.0 Å². The van der Waals surface area contributed by atoms with Crippen LogP contribution in [0.3, 0.4) is 0 Å². The maximum atomic E-state index is 12.3. The van der Waals surface area contributed by atoms with Gasteiger partial charge < -0.3 is 15.2 Å². The summed E-state index contributed by atoms with van der Waals surface area (Å²) in [6.45, 7) is 5.00. The maximum absolute atomic E-state index is 12.3. The standard InChI is InChI=1S/C15H19N3O/c19-15(5-8-18-9-6-16-7-10-18)13-11-17-14-4-2-1-3-12(13)14/h1-4,11,16-17H,5-10H2. The first kappa shape index (κ1) is 12.4. The predicted octanol–water partition coefficient (Wildman–Crippen LogP) is 1.65. The van der Waals surface area contributed by atoms with E-state index in [2.05, 4.69) is 15.2 Å². The van der Waals surface area contributed by atoms with Crippen LogP contribution in [-0.2, 0) is 0 Å². The van der Waals surface area contributed by atoms with Crippen LogP contribution < -0.4 is 5.32 Å². The number of aromatic amines is 1. The molecule has 1 aromatic heterocycles. The van der Waals surface area contributed by atoms with Crippen molar-refractivity contribution in [3.8, 4) is 0 Å². The zero-order valence-corrected chi connectivity index (χ0v) is 11.0. The molecular formula is C15H19N3O. The molecule has 19 heavy (non-hydrogen) atoms. The first-order valence-corrected chi connectivity index (χ1v) is 6.87. The summed E-state index contributed by atoms with van der Waals surface area (Å²) in [6.07, 6.45) is 2.44. The van der Waals surface area contributed by atoms with E-state index in [1.165, 1.54) is 0 Å². The van der Waals surface area contributed by atoms with Crippen LogP contribution in [0.25, 0.3) is 10.9 Å². The molecule has 0 bridgehead atoms. The molecule has 2 heterocycles. The van der Waals surface area contributed by atoms with E-state index in [1.807, 2.05) is 30.5 Å². The van der Waals surface area contributed by atoms with Crippen molar-refractivity contribution in [2.75, 3.05) is 32.7 Å². The third-order valence-corrected chi connectivity index (χ3v) is 3.75. The minimum absolute atomic E-state index is 0.232. The molecule has 0 unspecified atom stereocenters. The lowest BCUT2D eigenvalue weighted by Crippen LogP contribution is -2.44. The Morgan fingerprint density at radius 1 is 1.21 bits per heavy atom. The summed E-state index contributed by atoms with van der Waals surface area (Å²) in [5.74, 6) is 0.232. The van der Waals surface area contributed by atoms with Crippen LogP contribution in [-0.4, -0.2) is 48.4 Å². The number of carbonyl (C=O) groups excluding carboxylic acids is 1. The van der Waals surface area contributed by atoms with E-state index in [9.17, 15) is 4.79 Å². The van der Waals surface area contributed by atoms with Crippen molar-refractivity contribution >= 4 is 16.7 Å². The molecule has 1 aliphatic heterocycles. The van der Waals surface area contributed by atoms with E-state index >= 15 is 0 Å². The molecule has 1 fully saturated rings. The van der Waals surface area contributed by atoms with Crippen LogP contribution in [0.2, 0.25) is 0 Å². The number of rotatable bonds is 4. The van der Waals surface area contributed by atoms with E-state index in [4.69, 9.17) is 0 Å².